The monoisotopic (exact) mass is 108 g/mol. The van der Waals surface area contributed by atoms with Crippen LogP contribution < -0.4 is 0 Å². The van der Waals surface area contributed by atoms with Gasteiger partial charge < -0.3 is 0 Å². The van der Waals surface area contributed by atoms with Crippen LogP contribution in [0.1, 0.15) is 13.8 Å². The normalized spacial score (nSPS) is 6.00. The molecule has 0 saturated heterocycles. The fourth-order valence-electron chi connectivity index (χ4n) is 0.0706. The van der Waals surface area contributed by atoms with Crippen molar-refractivity contribution in [2.75, 3.05) is 0 Å². The summed E-state index contributed by atoms with van der Waals surface area (Å²) >= 11 is 0. The van der Waals surface area contributed by atoms with Crippen LogP contribution in [0.3, 0.4) is 0 Å². The summed E-state index contributed by atoms with van der Waals surface area (Å²) in [4.78, 5) is 2.77. The maximum absolute atomic E-state index is 7.72. The lowest BCUT2D eigenvalue weighted by Gasteiger charge is -1.49. The lowest BCUT2D eigenvalue weighted by atomic mass is 10.7. The maximum Gasteiger partial charge on any atom is 0.164 e. The van der Waals surface area contributed by atoms with Crippen molar-refractivity contribution in [1.82, 2.24) is 0 Å². The first-order valence-corrected chi connectivity index (χ1v) is 2.33. The average molecular weight is 108 g/mol. The molecule has 2 nitrogen and oxygen atoms in total. The van der Waals surface area contributed by atoms with Crippen LogP contribution >= 0.6 is 0 Å². The first-order valence-electron chi connectivity index (χ1n) is 2.33. The minimum Gasteiger partial charge on any atom is -0.245 e. The quantitative estimate of drug-likeness (QED) is 0.344. The van der Waals surface area contributed by atoms with Crippen LogP contribution in [-0.4, -0.2) is 0 Å². The van der Waals surface area contributed by atoms with Crippen LogP contribution in [0.15, 0.2) is 12.3 Å². The van der Waals surface area contributed by atoms with E-state index < -0.39 is 0 Å². The molecule has 0 aromatic rings. The number of nitriles is 1. The highest BCUT2D eigenvalue weighted by Crippen LogP contribution is 1.65. The molecule has 0 aromatic carbocycles. The topological polar surface area (TPSA) is 28.1 Å². The predicted octanol–water partition coefficient (Wildman–Crippen LogP) is 1.97. The summed E-state index contributed by atoms with van der Waals surface area (Å²) in [6.07, 6.45) is 2.24. The molecule has 8 heavy (non-hydrogen) atoms. The summed E-state index contributed by atoms with van der Waals surface area (Å²) in [5, 5.41) is 7.72. The number of allylic oxidation sites excluding steroid dienone is 1. The van der Waals surface area contributed by atoms with Gasteiger partial charge in [0.2, 0.25) is 0 Å². The molecule has 42 valence electrons. The van der Waals surface area contributed by atoms with Crippen molar-refractivity contribution in [3.63, 3.8) is 0 Å². The van der Waals surface area contributed by atoms with Crippen LogP contribution in [0.5, 0.6) is 0 Å². The molecule has 2 heteroatoms. The lowest BCUT2D eigenvalue weighted by Crippen LogP contribution is -1.36. The molecule has 0 bridgehead atoms. The van der Waals surface area contributed by atoms with E-state index >= 15 is 0 Å². The van der Waals surface area contributed by atoms with Crippen molar-refractivity contribution >= 4 is 0 Å². The molecule has 0 aromatic heterocycles. The van der Waals surface area contributed by atoms with Crippen molar-refractivity contribution in [2.24, 2.45) is 0 Å². The summed E-state index contributed by atoms with van der Waals surface area (Å²) < 4.78 is 0. The first kappa shape index (κ1) is 9.87. The zero-order valence-corrected chi connectivity index (χ0v) is 5.05. The van der Waals surface area contributed by atoms with Crippen molar-refractivity contribution in [1.29, 1.82) is 5.26 Å². The highest BCUT2D eigenvalue weighted by atomic mass is 14.6. The number of rotatable bonds is 0. The Morgan fingerprint density at radius 3 is 2.25 bits per heavy atom. The molecule has 0 rings (SSSR count). The summed E-state index contributed by atoms with van der Waals surface area (Å²) in [6, 6.07) is 1.67. The van der Waals surface area contributed by atoms with Crippen molar-refractivity contribution in [3.8, 4) is 6.07 Å². The third-order valence-corrected chi connectivity index (χ3v) is 0.224. The number of hydrogen-bond acceptors (Lipinski definition) is 1. The van der Waals surface area contributed by atoms with Crippen LogP contribution in [-0.2, 0) is 0 Å². The molecular weight excluding hydrogens is 100 g/mol. The molecule has 0 spiro atoms. The van der Waals surface area contributed by atoms with Gasteiger partial charge in [0, 0.05) is 6.08 Å². The van der Waals surface area contributed by atoms with Gasteiger partial charge in [0.15, 0.2) is 6.20 Å². The fourth-order valence-corrected chi connectivity index (χ4v) is 0.0706. The molecule has 0 N–H and O–H groups in total. The van der Waals surface area contributed by atoms with E-state index in [4.69, 9.17) is 11.8 Å². The van der Waals surface area contributed by atoms with Crippen LogP contribution in [0.4, 0.5) is 0 Å². The Morgan fingerprint density at radius 2 is 2.12 bits per heavy atom. The molecule has 0 amide bonds. The van der Waals surface area contributed by atoms with Crippen LogP contribution in [0.2, 0.25) is 0 Å². The average Bonchev–Trinajstić information content (AvgIpc) is 1.88. The van der Waals surface area contributed by atoms with Crippen molar-refractivity contribution in [2.45, 2.75) is 13.8 Å². The molecular formula is C6H8N2. The summed E-state index contributed by atoms with van der Waals surface area (Å²) in [6.45, 7) is 10.1. The number of nitrogens with zero attached hydrogens (tertiary/aromatic N) is 2. The standard InChI is InChI=1S/C4H2N2.C2H6/c1-6-4-2-3-5;1-2/h2,4H;1-2H3. The second-order valence-corrected chi connectivity index (χ2v) is 0.574. The molecule has 0 fully saturated rings. The maximum atomic E-state index is 7.72. The van der Waals surface area contributed by atoms with Crippen LogP contribution in [0.25, 0.3) is 4.85 Å². The smallest absolute Gasteiger partial charge is 0.164 e. The Kier molecular flexibility index (Phi) is 21.2. The molecule has 0 aliphatic rings. The second kappa shape index (κ2) is 17.2. The molecule has 0 radical (unpaired) electrons. The third kappa shape index (κ3) is 22.1. The Labute approximate surface area is 49.9 Å². The van der Waals surface area contributed by atoms with Gasteiger partial charge in [0.05, 0.1) is 12.6 Å². The highest BCUT2D eigenvalue weighted by molar-refractivity contribution is 5.04. The Bertz CT molecular complexity index is 106. The molecule has 0 aliphatic carbocycles. The van der Waals surface area contributed by atoms with Gasteiger partial charge in [0.1, 0.15) is 0 Å². The second-order valence-electron chi connectivity index (χ2n) is 0.574. The van der Waals surface area contributed by atoms with Gasteiger partial charge in [-0.25, -0.2) is 4.85 Å². The summed E-state index contributed by atoms with van der Waals surface area (Å²) in [5.41, 5.74) is 0. The zero-order chi connectivity index (χ0) is 6.83. The van der Waals surface area contributed by atoms with Gasteiger partial charge in [-0.3, -0.25) is 0 Å². The summed E-state index contributed by atoms with van der Waals surface area (Å²) in [7, 11) is 0. The van der Waals surface area contributed by atoms with Gasteiger partial charge >= 0.3 is 0 Å². The molecule has 0 heterocycles. The minimum atomic E-state index is 1.11. The molecule has 0 saturated carbocycles. The largest absolute Gasteiger partial charge is 0.245 e. The van der Waals surface area contributed by atoms with Crippen molar-refractivity contribution < 1.29 is 0 Å². The van der Waals surface area contributed by atoms with E-state index in [1.807, 2.05) is 13.8 Å². The zero-order valence-electron chi connectivity index (χ0n) is 5.05. The van der Waals surface area contributed by atoms with E-state index in [2.05, 4.69) is 4.85 Å². The van der Waals surface area contributed by atoms with Crippen LogP contribution in [0, 0.1) is 17.9 Å². The van der Waals surface area contributed by atoms with E-state index in [-0.39, 0.29) is 0 Å². The number of hydrogen-bond donors (Lipinski definition) is 0. The third-order valence-electron chi connectivity index (χ3n) is 0.224. The van der Waals surface area contributed by atoms with E-state index in [1.54, 1.807) is 6.07 Å². The fraction of sp³-hybridized carbons (Fsp3) is 0.333. The van der Waals surface area contributed by atoms with Gasteiger partial charge in [-0.15, -0.1) is 0 Å². The Morgan fingerprint density at radius 1 is 1.62 bits per heavy atom. The van der Waals surface area contributed by atoms with E-state index in [9.17, 15) is 0 Å². The predicted molar refractivity (Wildman–Crippen MR) is 32.7 cm³/mol. The highest BCUT2D eigenvalue weighted by Gasteiger charge is 1.52. The molecule has 0 unspecified atom stereocenters. The summed E-state index contributed by atoms with van der Waals surface area (Å²) in [5.74, 6) is 0. The molecule has 0 atom stereocenters. The van der Waals surface area contributed by atoms with E-state index in [0.717, 1.165) is 12.3 Å². The van der Waals surface area contributed by atoms with Gasteiger partial charge in [-0.1, -0.05) is 13.8 Å². The molecule has 0 aliphatic heterocycles. The van der Waals surface area contributed by atoms with Crippen molar-refractivity contribution in [3.05, 3.63) is 23.7 Å². The Hall–Kier alpha value is -1.28. The lowest BCUT2D eigenvalue weighted by molar-refractivity contribution is 1.50. The van der Waals surface area contributed by atoms with Gasteiger partial charge in [-0.2, -0.15) is 5.26 Å². The Balaban J connectivity index is 0. The van der Waals surface area contributed by atoms with E-state index in [1.165, 1.54) is 0 Å². The SMILES string of the molecule is CC.[C-]#[N+]C=CC#N. The van der Waals surface area contributed by atoms with Gasteiger partial charge in [0.25, 0.3) is 0 Å². The minimum absolute atomic E-state index is 1.11. The van der Waals surface area contributed by atoms with E-state index in [0.29, 0.717) is 0 Å². The first-order chi connectivity index (χ1) is 3.91. The van der Waals surface area contributed by atoms with Gasteiger partial charge in [-0.05, 0) is 0 Å².